The molecule has 0 bridgehead atoms. The molecule has 132 valence electrons. The summed E-state index contributed by atoms with van der Waals surface area (Å²) < 4.78 is 32.9. The van der Waals surface area contributed by atoms with Crippen LogP contribution < -0.4 is 10.1 Å². The molecule has 0 unspecified atom stereocenters. The molecule has 7 nitrogen and oxygen atoms in total. The van der Waals surface area contributed by atoms with Gasteiger partial charge in [-0.1, -0.05) is 18.2 Å². The van der Waals surface area contributed by atoms with Crippen LogP contribution in [0.2, 0.25) is 0 Å². The molecule has 1 heterocycles. The number of sulfone groups is 1. The van der Waals surface area contributed by atoms with Gasteiger partial charge in [-0.25, -0.2) is 8.42 Å². The Hall–Kier alpha value is -2.09. The minimum Gasteiger partial charge on any atom is -0.493 e. The van der Waals surface area contributed by atoms with Gasteiger partial charge in [0, 0.05) is 6.04 Å². The first kappa shape index (κ1) is 18.3. The minimum absolute atomic E-state index is 0.0272. The first-order valence-electron chi connectivity index (χ1n) is 7.69. The maximum absolute atomic E-state index is 11.6. The Bertz CT molecular complexity index is 700. The van der Waals surface area contributed by atoms with Gasteiger partial charge < -0.3 is 14.8 Å². The van der Waals surface area contributed by atoms with E-state index in [0.29, 0.717) is 12.2 Å². The molecule has 24 heavy (non-hydrogen) atoms. The molecule has 1 saturated heterocycles. The van der Waals surface area contributed by atoms with Crippen LogP contribution in [0.4, 0.5) is 0 Å². The van der Waals surface area contributed by atoms with E-state index in [2.05, 4.69) is 5.32 Å². The van der Waals surface area contributed by atoms with Crippen molar-refractivity contribution in [3.63, 3.8) is 0 Å². The fraction of sp³-hybridized carbons (Fsp3) is 0.500. The van der Waals surface area contributed by atoms with E-state index < -0.39 is 34.4 Å². The summed E-state index contributed by atoms with van der Waals surface area (Å²) in [5.74, 6) is -0.321. The van der Waals surface area contributed by atoms with Crippen LogP contribution in [0.5, 0.6) is 5.75 Å². The first-order valence-corrected chi connectivity index (χ1v) is 9.52. The molecule has 0 aromatic heterocycles. The van der Waals surface area contributed by atoms with Gasteiger partial charge in [-0.2, -0.15) is 0 Å². The largest absolute Gasteiger partial charge is 0.493 e. The molecule has 2 rings (SSSR count). The van der Waals surface area contributed by atoms with Crippen molar-refractivity contribution in [2.24, 2.45) is 0 Å². The lowest BCUT2D eigenvalue weighted by Gasteiger charge is -2.11. The number of amides is 1. The number of carbonyl (C=O) groups is 2. The predicted molar refractivity (Wildman–Crippen MR) is 87.5 cm³/mol. The number of para-hydroxylation sites is 1. The molecule has 1 aliphatic heterocycles. The standard InChI is InChI=1S/C16H21NO6S/c1-12-4-2-3-5-14(12)22-8-6-16(19)23-10-15(18)17-13-7-9-24(20,21)11-13/h2-5,13H,6-11H2,1H3,(H,17,18)/t13-/m0/s1. The molecule has 1 aromatic rings. The molecule has 0 saturated carbocycles. The number of carbonyl (C=O) groups excluding carboxylic acids is 2. The Labute approximate surface area is 141 Å². The minimum atomic E-state index is -3.05. The summed E-state index contributed by atoms with van der Waals surface area (Å²) in [6, 6.07) is 7.05. The molecule has 1 aliphatic rings. The molecule has 1 amide bonds. The Morgan fingerprint density at radius 3 is 2.71 bits per heavy atom. The third-order valence-corrected chi connectivity index (χ3v) is 5.39. The summed E-state index contributed by atoms with van der Waals surface area (Å²) in [5.41, 5.74) is 0.969. The molecule has 8 heteroatoms. The second kappa shape index (κ2) is 8.14. The van der Waals surface area contributed by atoms with Gasteiger partial charge in [0.15, 0.2) is 16.4 Å². The molecule has 0 spiro atoms. The van der Waals surface area contributed by atoms with E-state index in [9.17, 15) is 18.0 Å². The normalized spacial score (nSPS) is 18.8. The van der Waals surface area contributed by atoms with Gasteiger partial charge in [0.2, 0.25) is 0 Å². The number of aryl methyl sites for hydroxylation is 1. The highest BCUT2D eigenvalue weighted by Crippen LogP contribution is 2.16. The van der Waals surface area contributed by atoms with Crippen molar-refractivity contribution in [2.75, 3.05) is 24.7 Å². The van der Waals surface area contributed by atoms with Gasteiger partial charge in [0.05, 0.1) is 24.5 Å². The predicted octanol–water partition coefficient (Wildman–Crippen LogP) is 0.610. The second-order valence-electron chi connectivity index (χ2n) is 5.69. The number of rotatable bonds is 7. The lowest BCUT2D eigenvalue weighted by Crippen LogP contribution is -2.38. The summed E-state index contributed by atoms with van der Waals surface area (Å²) in [6.07, 6.45) is 0.422. The summed E-state index contributed by atoms with van der Waals surface area (Å²) in [7, 11) is -3.05. The van der Waals surface area contributed by atoms with Crippen molar-refractivity contribution >= 4 is 21.7 Å². The van der Waals surface area contributed by atoms with Crippen LogP contribution in [0.15, 0.2) is 24.3 Å². The number of ether oxygens (including phenoxy) is 2. The lowest BCUT2D eigenvalue weighted by molar-refractivity contribution is -0.149. The van der Waals surface area contributed by atoms with Gasteiger partial charge in [-0.15, -0.1) is 0 Å². The van der Waals surface area contributed by atoms with Crippen LogP contribution in [0.3, 0.4) is 0 Å². The molecule has 1 N–H and O–H groups in total. The molecular weight excluding hydrogens is 334 g/mol. The van der Waals surface area contributed by atoms with Gasteiger partial charge >= 0.3 is 5.97 Å². The monoisotopic (exact) mass is 355 g/mol. The zero-order valence-corrected chi connectivity index (χ0v) is 14.3. The van der Waals surface area contributed by atoms with E-state index in [1.54, 1.807) is 0 Å². The SMILES string of the molecule is Cc1ccccc1OCCC(=O)OCC(=O)N[C@H]1CCS(=O)(=O)C1. The van der Waals surface area contributed by atoms with Crippen LogP contribution in [0.25, 0.3) is 0 Å². The Kier molecular flexibility index (Phi) is 6.19. The number of hydrogen-bond acceptors (Lipinski definition) is 6. The smallest absolute Gasteiger partial charge is 0.309 e. The molecule has 1 fully saturated rings. The fourth-order valence-corrected chi connectivity index (χ4v) is 4.03. The summed E-state index contributed by atoms with van der Waals surface area (Å²) >= 11 is 0. The Balaban J connectivity index is 1.62. The van der Waals surface area contributed by atoms with E-state index >= 15 is 0 Å². The van der Waals surface area contributed by atoms with E-state index in [4.69, 9.17) is 9.47 Å². The lowest BCUT2D eigenvalue weighted by atomic mass is 10.2. The highest BCUT2D eigenvalue weighted by Gasteiger charge is 2.28. The molecule has 1 aromatic carbocycles. The third-order valence-electron chi connectivity index (χ3n) is 3.62. The molecule has 0 radical (unpaired) electrons. The number of benzene rings is 1. The van der Waals surface area contributed by atoms with Crippen LogP contribution >= 0.6 is 0 Å². The third kappa shape index (κ3) is 5.84. The first-order chi connectivity index (χ1) is 11.4. The van der Waals surface area contributed by atoms with Gasteiger partial charge in [0.25, 0.3) is 5.91 Å². The topological polar surface area (TPSA) is 98.8 Å². The highest BCUT2D eigenvalue weighted by atomic mass is 32.2. The number of hydrogen-bond donors (Lipinski definition) is 1. The Morgan fingerprint density at radius 1 is 1.29 bits per heavy atom. The van der Waals surface area contributed by atoms with Crippen LogP contribution in [-0.4, -0.2) is 51.1 Å². The van der Waals surface area contributed by atoms with Crippen molar-refractivity contribution in [1.29, 1.82) is 0 Å². The van der Waals surface area contributed by atoms with E-state index in [1.165, 1.54) is 0 Å². The molecule has 0 aliphatic carbocycles. The van der Waals surface area contributed by atoms with Gasteiger partial charge in [0.1, 0.15) is 5.75 Å². The van der Waals surface area contributed by atoms with E-state index in [0.717, 1.165) is 5.56 Å². The summed E-state index contributed by atoms with van der Waals surface area (Å²) in [4.78, 5) is 23.2. The summed E-state index contributed by atoms with van der Waals surface area (Å²) in [5, 5.41) is 2.55. The zero-order valence-electron chi connectivity index (χ0n) is 13.5. The van der Waals surface area contributed by atoms with Crippen molar-refractivity contribution < 1.29 is 27.5 Å². The molecular formula is C16H21NO6S. The van der Waals surface area contributed by atoms with Gasteiger partial charge in [-0.3, -0.25) is 9.59 Å². The maximum Gasteiger partial charge on any atom is 0.309 e. The van der Waals surface area contributed by atoms with Crippen molar-refractivity contribution in [3.05, 3.63) is 29.8 Å². The van der Waals surface area contributed by atoms with Crippen molar-refractivity contribution in [2.45, 2.75) is 25.8 Å². The fourth-order valence-electron chi connectivity index (χ4n) is 2.36. The van der Waals surface area contributed by atoms with E-state index in [1.807, 2.05) is 31.2 Å². The van der Waals surface area contributed by atoms with Crippen molar-refractivity contribution in [1.82, 2.24) is 5.32 Å². The van der Waals surface area contributed by atoms with Crippen LogP contribution in [-0.2, 0) is 24.2 Å². The average molecular weight is 355 g/mol. The highest BCUT2D eigenvalue weighted by molar-refractivity contribution is 7.91. The maximum atomic E-state index is 11.6. The quantitative estimate of drug-likeness (QED) is 0.720. The van der Waals surface area contributed by atoms with Crippen LogP contribution in [0, 0.1) is 6.92 Å². The average Bonchev–Trinajstić information content (AvgIpc) is 2.86. The van der Waals surface area contributed by atoms with Crippen LogP contribution in [0.1, 0.15) is 18.4 Å². The number of esters is 1. The van der Waals surface area contributed by atoms with E-state index in [-0.39, 0.29) is 24.5 Å². The van der Waals surface area contributed by atoms with Gasteiger partial charge in [-0.05, 0) is 25.0 Å². The van der Waals surface area contributed by atoms with Crippen molar-refractivity contribution in [3.8, 4) is 5.75 Å². The second-order valence-corrected chi connectivity index (χ2v) is 7.92. The zero-order chi connectivity index (χ0) is 17.6. The molecule has 1 atom stereocenters. The Morgan fingerprint density at radius 2 is 2.04 bits per heavy atom. The summed E-state index contributed by atoms with van der Waals surface area (Å²) in [6.45, 7) is 1.65. The number of nitrogens with one attached hydrogen (secondary N) is 1.